The average molecular weight is 285 g/mol. The molecule has 0 spiro atoms. The van der Waals surface area contributed by atoms with Crippen LogP contribution in [0.1, 0.15) is 46.1 Å². The maximum absolute atomic E-state index is 11.9. The van der Waals surface area contributed by atoms with Gasteiger partial charge in [0.2, 0.25) is 0 Å². The summed E-state index contributed by atoms with van der Waals surface area (Å²) in [6.45, 7) is 1.96. The van der Waals surface area contributed by atoms with Gasteiger partial charge in [-0.3, -0.25) is 0 Å². The van der Waals surface area contributed by atoms with E-state index in [1.54, 1.807) is 6.26 Å². The highest BCUT2D eigenvalue weighted by Gasteiger charge is 2.24. The molecule has 0 saturated carbocycles. The third kappa shape index (κ3) is 2.66. The fourth-order valence-corrected chi connectivity index (χ4v) is 2.89. The molecule has 0 radical (unpaired) electrons. The van der Waals surface area contributed by atoms with Crippen LogP contribution in [-0.4, -0.2) is 13.1 Å². The van der Waals surface area contributed by atoms with Crippen LogP contribution in [0.3, 0.4) is 0 Å². The molecule has 0 amide bonds. The Morgan fingerprint density at radius 2 is 2.24 bits per heavy atom. The van der Waals surface area contributed by atoms with Crippen molar-refractivity contribution in [3.05, 3.63) is 53.0 Å². The Labute approximate surface area is 124 Å². The quantitative estimate of drug-likeness (QED) is 0.870. The molecule has 2 aromatic rings. The first-order valence-corrected chi connectivity index (χ1v) is 7.21. The molecule has 0 aliphatic heterocycles. The molecule has 1 heterocycles. The van der Waals surface area contributed by atoms with Gasteiger partial charge >= 0.3 is 5.97 Å². The third-order valence-electron chi connectivity index (χ3n) is 3.96. The average Bonchev–Trinajstić information content (AvgIpc) is 2.97. The molecular formula is C17H19NO3. The fraction of sp³-hybridized carbons (Fsp3) is 0.353. The van der Waals surface area contributed by atoms with Crippen LogP contribution in [-0.2, 0) is 11.2 Å². The second-order valence-electron chi connectivity index (χ2n) is 5.43. The molecule has 0 bridgehead atoms. The van der Waals surface area contributed by atoms with Crippen molar-refractivity contribution in [1.29, 1.82) is 0 Å². The van der Waals surface area contributed by atoms with Gasteiger partial charge in [0.05, 0.1) is 25.0 Å². The van der Waals surface area contributed by atoms with E-state index >= 15 is 0 Å². The number of hydrogen-bond donors (Lipinski definition) is 1. The maximum atomic E-state index is 11.9. The number of nitrogens with one attached hydrogen (secondary N) is 1. The zero-order valence-corrected chi connectivity index (χ0v) is 12.3. The van der Waals surface area contributed by atoms with Crippen LogP contribution >= 0.6 is 0 Å². The molecule has 1 aromatic carbocycles. The number of carbonyl (C=O) groups excluding carboxylic acids is 1. The molecule has 1 N–H and O–H groups in total. The summed E-state index contributed by atoms with van der Waals surface area (Å²) in [6.07, 6.45) is 4.83. The number of hydrogen-bond acceptors (Lipinski definition) is 4. The first-order chi connectivity index (χ1) is 10.2. The summed E-state index contributed by atoms with van der Waals surface area (Å²) >= 11 is 0. The number of esters is 1. The second kappa shape index (κ2) is 5.64. The topological polar surface area (TPSA) is 51.5 Å². The van der Waals surface area contributed by atoms with Crippen LogP contribution in [0.2, 0.25) is 0 Å². The van der Waals surface area contributed by atoms with E-state index in [1.165, 1.54) is 12.7 Å². The lowest BCUT2D eigenvalue weighted by molar-refractivity contribution is 0.0601. The summed E-state index contributed by atoms with van der Waals surface area (Å²) in [5.74, 6) is 0.731. The lowest BCUT2D eigenvalue weighted by Gasteiger charge is -2.24. The Balaban J connectivity index is 1.91. The van der Waals surface area contributed by atoms with Crippen molar-refractivity contribution < 1.29 is 13.9 Å². The molecule has 1 aliphatic carbocycles. The minimum atomic E-state index is -0.315. The van der Waals surface area contributed by atoms with Crippen molar-refractivity contribution in [1.82, 2.24) is 0 Å². The van der Waals surface area contributed by atoms with Crippen LogP contribution in [0.25, 0.3) is 0 Å². The SMILES string of the molecule is COC(=O)c1cc(C)ccc1NC1CCCc2occc21. The molecule has 0 fully saturated rings. The van der Waals surface area contributed by atoms with Crippen molar-refractivity contribution in [3.63, 3.8) is 0 Å². The van der Waals surface area contributed by atoms with E-state index in [1.807, 2.05) is 31.2 Å². The lowest BCUT2D eigenvalue weighted by atomic mass is 9.93. The number of rotatable bonds is 3. The maximum Gasteiger partial charge on any atom is 0.339 e. The zero-order chi connectivity index (χ0) is 14.8. The third-order valence-corrected chi connectivity index (χ3v) is 3.96. The van der Waals surface area contributed by atoms with Crippen LogP contribution in [0, 0.1) is 6.92 Å². The predicted molar refractivity (Wildman–Crippen MR) is 80.5 cm³/mol. The highest BCUT2D eigenvalue weighted by molar-refractivity contribution is 5.95. The van der Waals surface area contributed by atoms with Crippen molar-refractivity contribution in [3.8, 4) is 0 Å². The monoisotopic (exact) mass is 285 g/mol. The van der Waals surface area contributed by atoms with Crippen LogP contribution in [0.15, 0.2) is 34.9 Å². The number of fused-ring (bicyclic) bond motifs is 1. The smallest absolute Gasteiger partial charge is 0.339 e. The second-order valence-corrected chi connectivity index (χ2v) is 5.43. The largest absolute Gasteiger partial charge is 0.469 e. The molecule has 1 aliphatic rings. The Morgan fingerprint density at radius 3 is 3.05 bits per heavy atom. The first-order valence-electron chi connectivity index (χ1n) is 7.21. The van der Waals surface area contributed by atoms with Crippen molar-refractivity contribution in [2.45, 2.75) is 32.2 Å². The standard InChI is InChI=1S/C17H19NO3/c1-11-6-7-15(13(10-11)17(19)20-2)18-14-4-3-5-16-12(14)8-9-21-16/h6-10,14,18H,3-5H2,1-2H3. The van der Waals surface area contributed by atoms with Gasteiger partial charge in [-0.1, -0.05) is 11.6 Å². The number of anilines is 1. The summed E-state index contributed by atoms with van der Waals surface area (Å²) in [6, 6.07) is 7.98. The van der Waals surface area contributed by atoms with E-state index in [4.69, 9.17) is 9.15 Å². The van der Waals surface area contributed by atoms with E-state index in [9.17, 15) is 4.79 Å². The van der Waals surface area contributed by atoms with Gasteiger partial charge in [-0.15, -0.1) is 0 Å². The van der Waals surface area contributed by atoms with E-state index in [2.05, 4.69) is 5.32 Å². The molecule has 1 aromatic heterocycles. The highest BCUT2D eigenvalue weighted by Crippen LogP contribution is 2.34. The molecular weight excluding hydrogens is 266 g/mol. The van der Waals surface area contributed by atoms with Gasteiger partial charge in [-0.05, 0) is 38.0 Å². The van der Waals surface area contributed by atoms with Crippen LogP contribution < -0.4 is 5.32 Å². The van der Waals surface area contributed by atoms with Gasteiger partial charge < -0.3 is 14.5 Å². The summed E-state index contributed by atoms with van der Waals surface area (Å²) in [7, 11) is 1.41. The number of benzene rings is 1. The van der Waals surface area contributed by atoms with Crippen molar-refractivity contribution >= 4 is 11.7 Å². The van der Waals surface area contributed by atoms with Crippen molar-refractivity contribution in [2.75, 3.05) is 12.4 Å². The van der Waals surface area contributed by atoms with Gasteiger partial charge in [-0.2, -0.15) is 0 Å². The van der Waals surface area contributed by atoms with E-state index in [-0.39, 0.29) is 12.0 Å². The van der Waals surface area contributed by atoms with E-state index in [0.717, 1.165) is 36.3 Å². The normalized spacial score (nSPS) is 17.1. The molecule has 21 heavy (non-hydrogen) atoms. The van der Waals surface area contributed by atoms with E-state index in [0.29, 0.717) is 5.56 Å². The van der Waals surface area contributed by atoms with Gasteiger partial charge in [0.15, 0.2) is 0 Å². The van der Waals surface area contributed by atoms with Gasteiger partial charge in [0.25, 0.3) is 0 Å². The highest BCUT2D eigenvalue weighted by atomic mass is 16.5. The van der Waals surface area contributed by atoms with Crippen LogP contribution in [0.4, 0.5) is 5.69 Å². The summed E-state index contributed by atoms with van der Waals surface area (Å²) < 4.78 is 10.4. The molecule has 0 saturated heterocycles. The summed E-state index contributed by atoms with van der Waals surface area (Å²) in [5, 5.41) is 3.47. The molecule has 110 valence electrons. The number of carbonyl (C=O) groups is 1. The predicted octanol–water partition coefficient (Wildman–Crippen LogP) is 3.86. The summed E-state index contributed by atoms with van der Waals surface area (Å²) in [5.41, 5.74) is 3.62. The summed E-state index contributed by atoms with van der Waals surface area (Å²) in [4.78, 5) is 11.9. The minimum Gasteiger partial charge on any atom is -0.469 e. The van der Waals surface area contributed by atoms with Crippen LogP contribution in [0.5, 0.6) is 0 Å². The Morgan fingerprint density at radius 1 is 1.38 bits per heavy atom. The molecule has 4 heteroatoms. The minimum absolute atomic E-state index is 0.179. The number of aryl methyl sites for hydroxylation is 2. The Kier molecular flexibility index (Phi) is 3.69. The molecule has 4 nitrogen and oxygen atoms in total. The Hall–Kier alpha value is -2.23. The number of furan rings is 1. The fourth-order valence-electron chi connectivity index (χ4n) is 2.89. The Bertz CT molecular complexity index is 660. The first kappa shape index (κ1) is 13.7. The van der Waals surface area contributed by atoms with E-state index < -0.39 is 0 Å². The number of ether oxygens (including phenoxy) is 1. The number of methoxy groups -OCH3 is 1. The van der Waals surface area contributed by atoms with Crippen molar-refractivity contribution in [2.24, 2.45) is 0 Å². The van der Waals surface area contributed by atoms with Gasteiger partial charge in [0.1, 0.15) is 5.76 Å². The van der Waals surface area contributed by atoms with Gasteiger partial charge in [0, 0.05) is 17.7 Å². The molecule has 1 unspecified atom stereocenters. The van der Waals surface area contributed by atoms with Gasteiger partial charge in [-0.25, -0.2) is 4.79 Å². The zero-order valence-electron chi connectivity index (χ0n) is 12.3. The molecule has 1 atom stereocenters. The lowest BCUT2D eigenvalue weighted by Crippen LogP contribution is -2.18. The molecule has 3 rings (SSSR count).